The number of halogens is 1. The molecule has 0 unspecified atom stereocenters. The van der Waals surface area contributed by atoms with Crippen molar-refractivity contribution in [1.82, 2.24) is 5.32 Å². The van der Waals surface area contributed by atoms with E-state index in [2.05, 4.69) is 21.2 Å². The molecule has 4 heteroatoms. The van der Waals surface area contributed by atoms with E-state index < -0.39 is 0 Å². The molecule has 1 saturated heterocycles. The van der Waals surface area contributed by atoms with Crippen molar-refractivity contribution in [2.75, 3.05) is 6.61 Å². The van der Waals surface area contributed by atoms with Crippen LogP contribution in [0.2, 0.25) is 0 Å². The van der Waals surface area contributed by atoms with Crippen LogP contribution < -0.4 is 5.32 Å². The maximum atomic E-state index is 12.0. The average Bonchev–Trinajstić information content (AvgIpc) is 2.82. The predicted molar refractivity (Wildman–Crippen MR) is 70.0 cm³/mol. The van der Waals surface area contributed by atoms with Crippen molar-refractivity contribution in [2.45, 2.75) is 31.9 Å². The maximum Gasteiger partial charge on any atom is 0.251 e. The topological polar surface area (TPSA) is 38.3 Å². The Hall–Kier alpha value is -0.870. The van der Waals surface area contributed by atoms with Crippen LogP contribution in [0.3, 0.4) is 0 Å². The lowest BCUT2D eigenvalue weighted by molar-refractivity contribution is 0.0712. The fourth-order valence-electron chi connectivity index (χ4n) is 2.01. The summed E-state index contributed by atoms with van der Waals surface area (Å²) in [5.74, 6) is -0.0469. The van der Waals surface area contributed by atoms with Crippen molar-refractivity contribution in [1.29, 1.82) is 0 Å². The van der Waals surface area contributed by atoms with E-state index in [1.54, 1.807) is 0 Å². The van der Waals surface area contributed by atoms with Gasteiger partial charge in [-0.1, -0.05) is 22.0 Å². The minimum Gasteiger partial charge on any atom is -0.376 e. The summed E-state index contributed by atoms with van der Waals surface area (Å²) < 4.78 is 6.46. The number of hydrogen-bond donors (Lipinski definition) is 1. The molecule has 0 saturated carbocycles. The summed E-state index contributed by atoms with van der Waals surface area (Å²) in [6.07, 6.45) is 2.27. The fourth-order valence-corrected chi connectivity index (χ4v) is 2.41. The van der Waals surface area contributed by atoms with E-state index in [0.717, 1.165) is 23.9 Å². The zero-order chi connectivity index (χ0) is 12.3. The van der Waals surface area contributed by atoms with Crippen LogP contribution in [0.5, 0.6) is 0 Å². The van der Waals surface area contributed by atoms with Crippen LogP contribution in [0.15, 0.2) is 28.7 Å². The van der Waals surface area contributed by atoms with Crippen molar-refractivity contribution in [3.8, 4) is 0 Å². The van der Waals surface area contributed by atoms with Crippen molar-refractivity contribution < 1.29 is 9.53 Å². The van der Waals surface area contributed by atoms with Crippen LogP contribution in [0.4, 0.5) is 0 Å². The molecule has 1 heterocycles. The Balaban J connectivity index is 1.96. The van der Waals surface area contributed by atoms with E-state index in [0.29, 0.717) is 5.56 Å². The second-order valence-corrected chi connectivity index (χ2v) is 5.24. The van der Waals surface area contributed by atoms with Crippen LogP contribution in [-0.4, -0.2) is 24.7 Å². The van der Waals surface area contributed by atoms with Crippen molar-refractivity contribution >= 4 is 21.8 Å². The molecule has 0 radical (unpaired) electrons. The smallest absolute Gasteiger partial charge is 0.251 e. The van der Waals surface area contributed by atoms with E-state index in [-0.39, 0.29) is 18.1 Å². The number of rotatable bonds is 3. The fraction of sp³-hybridized carbons (Fsp3) is 0.462. The number of amides is 1. The van der Waals surface area contributed by atoms with Gasteiger partial charge in [0, 0.05) is 16.6 Å². The predicted octanol–water partition coefficient (Wildman–Crippen LogP) is 2.75. The van der Waals surface area contributed by atoms with E-state index in [1.165, 1.54) is 0 Å². The summed E-state index contributed by atoms with van der Waals surface area (Å²) in [6, 6.07) is 7.44. The van der Waals surface area contributed by atoms with E-state index in [4.69, 9.17) is 4.74 Å². The third-order valence-electron chi connectivity index (χ3n) is 2.97. The number of nitrogens with one attached hydrogen (secondary N) is 1. The average molecular weight is 298 g/mol. The van der Waals surface area contributed by atoms with E-state index >= 15 is 0 Å². The SMILES string of the molecule is C[C@H](NC(=O)c1cccc(Br)c1)[C@@H]1CCCO1. The summed E-state index contributed by atoms with van der Waals surface area (Å²) in [7, 11) is 0. The summed E-state index contributed by atoms with van der Waals surface area (Å²) in [5.41, 5.74) is 0.671. The summed E-state index contributed by atoms with van der Waals surface area (Å²) in [4.78, 5) is 12.0. The van der Waals surface area contributed by atoms with Gasteiger partial charge in [0.05, 0.1) is 12.1 Å². The molecular formula is C13H16BrNO2. The highest BCUT2D eigenvalue weighted by atomic mass is 79.9. The van der Waals surface area contributed by atoms with Gasteiger partial charge in [-0.2, -0.15) is 0 Å². The molecule has 0 spiro atoms. The van der Waals surface area contributed by atoms with Gasteiger partial charge < -0.3 is 10.1 Å². The molecule has 2 atom stereocenters. The number of hydrogen-bond acceptors (Lipinski definition) is 2. The first-order valence-corrected chi connectivity index (χ1v) is 6.64. The molecule has 3 nitrogen and oxygen atoms in total. The van der Waals surface area contributed by atoms with Gasteiger partial charge in [-0.15, -0.1) is 0 Å². The Morgan fingerprint density at radius 1 is 1.59 bits per heavy atom. The molecule has 1 aliphatic heterocycles. The molecule has 0 aromatic heterocycles. The quantitative estimate of drug-likeness (QED) is 0.932. The van der Waals surface area contributed by atoms with Crippen LogP contribution >= 0.6 is 15.9 Å². The second-order valence-electron chi connectivity index (χ2n) is 4.32. The number of benzene rings is 1. The Bertz CT molecular complexity index is 402. The number of ether oxygens (including phenoxy) is 1. The highest BCUT2D eigenvalue weighted by molar-refractivity contribution is 9.10. The molecule has 2 rings (SSSR count). The van der Waals surface area contributed by atoms with Crippen LogP contribution in [0.1, 0.15) is 30.1 Å². The molecule has 17 heavy (non-hydrogen) atoms. The highest BCUT2D eigenvalue weighted by Gasteiger charge is 2.23. The lowest BCUT2D eigenvalue weighted by Crippen LogP contribution is -2.40. The molecule has 1 amide bonds. The van der Waals surface area contributed by atoms with Gasteiger partial charge in [-0.25, -0.2) is 0 Å². The molecule has 0 bridgehead atoms. The first-order valence-electron chi connectivity index (χ1n) is 5.85. The highest BCUT2D eigenvalue weighted by Crippen LogP contribution is 2.16. The standard InChI is InChI=1S/C13H16BrNO2/c1-9(12-6-3-7-17-12)15-13(16)10-4-2-5-11(14)8-10/h2,4-5,8-9,12H,3,6-7H2,1H3,(H,15,16)/t9-,12-/m0/s1. The molecule has 1 fully saturated rings. The van der Waals surface area contributed by atoms with Crippen LogP contribution in [0.25, 0.3) is 0 Å². The number of carbonyl (C=O) groups excluding carboxylic acids is 1. The van der Waals surface area contributed by atoms with Gasteiger partial charge in [0.1, 0.15) is 0 Å². The van der Waals surface area contributed by atoms with Gasteiger partial charge >= 0.3 is 0 Å². The molecule has 1 aliphatic rings. The lowest BCUT2D eigenvalue weighted by Gasteiger charge is -2.20. The third kappa shape index (κ3) is 3.30. The largest absolute Gasteiger partial charge is 0.376 e. The van der Waals surface area contributed by atoms with Crippen molar-refractivity contribution in [3.63, 3.8) is 0 Å². The van der Waals surface area contributed by atoms with Crippen LogP contribution in [0, 0.1) is 0 Å². The molecule has 92 valence electrons. The Labute approximate surface area is 110 Å². The van der Waals surface area contributed by atoms with Crippen molar-refractivity contribution in [2.24, 2.45) is 0 Å². The second kappa shape index (κ2) is 5.65. The first-order chi connectivity index (χ1) is 8.16. The minimum absolute atomic E-state index is 0.0469. The monoisotopic (exact) mass is 297 g/mol. The molecule has 0 aliphatic carbocycles. The Morgan fingerprint density at radius 3 is 3.06 bits per heavy atom. The zero-order valence-corrected chi connectivity index (χ0v) is 11.4. The van der Waals surface area contributed by atoms with Gasteiger partial charge in [-0.3, -0.25) is 4.79 Å². The molecule has 1 aromatic rings. The molecule has 1 N–H and O–H groups in total. The van der Waals surface area contributed by atoms with Gasteiger partial charge in [0.25, 0.3) is 5.91 Å². The van der Waals surface area contributed by atoms with E-state index in [1.807, 2.05) is 31.2 Å². The minimum atomic E-state index is -0.0469. The molecular weight excluding hydrogens is 282 g/mol. The molecule has 1 aromatic carbocycles. The summed E-state index contributed by atoms with van der Waals surface area (Å²) in [5, 5.41) is 2.98. The Morgan fingerprint density at radius 2 is 2.41 bits per heavy atom. The normalized spacial score (nSPS) is 21.2. The summed E-state index contributed by atoms with van der Waals surface area (Å²) >= 11 is 3.36. The lowest BCUT2D eigenvalue weighted by atomic mass is 10.1. The first kappa shape index (κ1) is 12.6. The summed E-state index contributed by atoms with van der Waals surface area (Å²) in [6.45, 7) is 2.80. The maximum absolute atomic E-state index is 12.0. The van der Waals surface area contributed by atoms with E-state index in [9.17, 15) is 4.79 Å². The third-order valence-corrected chi connectivity index (χ3v) is 3.46. The number of carbonyl (C=O) groups is 1. The van der Waals surface area contributed by atoms with Gasteiger partial charge in [0.2, 0.25) is 0 Å². The zero-order valence-electron chi connectivity index (χ0n) is 9.78. The Kier molecular flexibility index (Phi) is 4.18. The van der Waals surface area contributed by atoms with Gasteiger partial charge in [-0.05, 0) is 38.0 Å². The van der Waals surface area contributed by atoms with Crippen molar-refractivity contribution in [3.05, 3.63) is 34.3 Å². The van der Waals surface area contributed by atoms with Gasteiger partial charge in [0.15, 0.2) is 0 Å². The van der Waals surface area contributed by atoms with Crippen LogP contribution in [-0.2, 0) is 4.74 Å².